The van der Waals surface area contributed by atoms with Crippen LogP contribution in [-0.4, -0.2) is 49.3 Å². The molecule has 3 rings (SSSR count). The van der Waals surface area contributed by atoms with Crippen LogP contribution in [0.2, 0.25) is 0 Å². The summed E-state index contributed by atoms with van der Waals surface area (Å²) in [6, 6.07) is 4.65. The lowest BCUT2D eigenvalue weighted by atomic mass is 9.86. The molecule has 22 heavy (non-hydrogen) atoms. The van der Waals surface area contributed by atoms with Crippen LogP contribution < -0.4 is 0 Å². The zero-order valence-corrected chi connectivity index (χ0v) is 13.1. The summed E-state index contributed by atoms with van der Waals surface area (Å²) in [6.45, 7) is 3.52. The molecule has 0 aromatic heterocycles. The molecule has 5 heteroatoms. The SMILES string of the molecule is CO[C@H]1CCN(C(=O)c2ccc(C)c(F)c2)C[C@@]12CCCO2. The quantitative estimate of drug-likeness (QED) is 0.843. The number of nitrogens with zero attached hydrogens (tertiary/aromatic N) is 1. The largest absolute Gasteiger partial charge is 0.378 e. The number of halogens is 1. The Labute approximate surface area is 130 Å². The van der Waals surface area contributed by atoms with Gasteiger partial charge in [0.1, 0.15) is 11.4 Å². The molecule has 120 valence electrons. The number of carbonyl (C=O) groups excluding carboxylic acids is 1. The normalized spacial score (nSPS) is 28.3. The van der Waals surface area contributed by atoms with Crippen molar-refractivity contribution in [1.29, 1.82) is 0 Å². The highest BCUT2D eigenvalue weighted by Gasteiger charge is 2.48. The molecule has 0 aliphatic carbocycles. The second-order valence-corrected chi connectivity index (χ2v) is 6.22. The minimum atomic E-state index is -0.397. The number of piperidine rings is 1. The average Bonchev–Trinajstić information content (AvgIpc) is 2.98. The summed E-state index contributed by atoms with van der Waals surface area (Å²) >= 11 is 0. The number of ether oxygens (including phenoxy) is 2. The van der Waals surface area contributed by atoms with Crippen molar-refractivity contribution in [3.63, 3.8) is 0 Å². The minimum Gasteiger partial charge on any atom is -0.378 e. The lowest BCUT2D eigenvalue weighted by molar-refractivity contribution is -0.137. The number of hydrogen-bond donors (Lipinski definition) is 0. The van der Waals surface area contributed by atoms with E-state index in [1.54, 1.807) is 31.1 Å². The van der Waals surface area contributed by atoms with Crippen molar-refractivity contribution >= 4 is 5.91 Å². The second kappa shape index (κ2) is 5.97. The summed E-state index contributed by atoms with van der Waals surface area (Å²) < 4.78 is 25.2. The van der Waals surface area contributed by atoms with Crippen LogP contribution in [-0.2, 0) is 9.47 Å². The van der Waals surface area contributed by atoms with Gasteiger partial charge in [-0.15, -0.1) is 0 Å². The first-order valence-corrected chi connectivity index (χ1v) is 7.78. The summed E-state index contributed by atoms with van der Waals surface area (Å²) in [5.41, 5.74) is 0.545. The summed E-state index contributed by atoms with van der Waals surface area (Å²) in [5.74, 6) is -0.479. The fourth-order valence-electron chi connectivity index (χ4n) is 3.55. The van der Waals surface area contributed by atoms with Crippen molar-refractivity contribution in [2.75, 3.05) is 26.8 Å². The Kier molecular flexibility index (Phi) is 4.19. The van der Waals surface area contributed by atoms with Crippen molar-refractivity contribution in [3.05, 3.63) is 35.1 Å². The lowest BCUT2D eigenvalue weighted by Gasteiger charge is -2.44. The Morgan fingerprint density at radius 1 is 1.50 bits per heavy atom. The van der Waals surface area contributed by atoms with Gasteiger partial charge in [0, 0.05) is 25.8 Å². The lowest BCUT2D eigenvalue weighted by Crippen LogP contribution is -2.58. The molecule has 1 amide bonds. The van der Waals surface area contributed by atoms with Crippen LogP contribution >= 0.6 is 0 Å². The molecule has 0 radical (unpaired) electrons. The molecule has 2 fully saturated rings. The Morgan fingerprint density at radius 2 is 2.32 bits per heavy atom. The van der Waals surface area contributed by atoms with E-state index in [9.17, 15) is 9.18 Å². The van der Waals surface area contributed by atoms with E-state index in [0.29, 0.717) is 30.8 Å². The highest BCUT2D eigenvalue weighted by molar-refractivity contribution is 5.94. The molecular formula is C17H22FNO3. The van der Waals surface area contributed by atoms with E-state index in [1.165, 1.54) is 6.07 Å². The van der Waals surface area contributed by atoms with E-state index in [-0.39, 0.29) is 17.8 Å². The van der Waals surface area contributed by atoms with Gasteiger partial charge in [-0.2, -0.15) is 0 Å². The Morgan fingerprint density at radius 3 is 2.95 bits per heavy atom. The van der Waals surface area contributed by atoms with Gasteiger partial charge in [-0.25, -0.2) is 4.39 Å². The van der Waals surface area contributed by atoms with Crippen LogP contribution in [0.4, 0.5) is 4.39 Å². The number of benzene rings is 1. The van der Waals surface area contributed by atoms with E-state index in [1.807, 2.05) is 0 Å². The van der Waals surface area contributed by atoms with Crippen LogP contribution in [0.5, 0.6) is 0 Å². The predicted molar refractivity (Wildman–Crippen MR) is 80.4 cm³/mol. The zero-order valence-electron chi connectivity index (χ0n) is 13.1. The van der Waals surface area contributed by atoms with Crippen molar-refractivity contribution < 1.29 is 18.7 Å². The number of carbonyl (C=O) groups is 1. The second-order valence-electron chi connectivity index (χ2n) is 6.22. The van der Waals surface area contributed by atoms with Crippen LogP contribution in [0.15, 0.2) is 18.2 Å². The third kappa shape index (κ3) is 2.63. The average molecular weight is 307 g/mol. The van der Waals surface area contributed by atoms with Crippen molar-refractivity contribution in [3.8, 4) is 0 Å². The zero-order chi connectivity index (χ0) is 15.7. The summed E-state index contributed by atoms with van der Waals surface area (Å²) in [5, 5.41) is 0. The van der Waals surface area contributed by atoms with Crippen LogP contribution in [0.25, 0.3) is 0 Å². The molecule has 2 saturated heterocycles. The minimum absolute atomic E-state index is 0.0220. The maximum atomic E-state index is 13.7. The van der Waals surface area contributed by atoms with E-state index >= 15 is 0 Å². The van der Waals surface area contributed by atoms with Gasteiger partial charge in [-0.05, 0) is 43.9 Å². The van der Waals surface area contributed by atoms with E-state index in [0.717, 1.165) is 19.3 Å². The predicted octanol–water partition coefficient (Wildman–Crippen LogP) is 2.54. The molecule has 2 aliphatic rings. The van der Waals surface area contributed by atoms with Gasteiger partial charge in [0.15, 0.2) is 0 Å². The van der Waals surface area contributed by atoms with Gasteiger partial charge in [0.25, 0.3) is 5.91 Å². The molecule has 0 unspecified atom stereocenters. The third-order valence-electron chi connectivity index (χ3n) is 4.83. The van der Waals surface area contributed by atoms with E-state index in [4.69, 9.17) is 9.47 Å². The maximum Gasteiger partial charge on any atom is 0.254 e. The van der Waals surface area contributed by atoms with Gasteiger partial charge in [-0.1, -0.05) is 6.07 Å². The number of likely N-dealkylation sites (tertiary alicyclic amines) is 1. The van der Waals surface area contributed by atoms with Crippen LogP contribution in [0.1, 0.15) is 35.2 Å². The maximum absolute atomic E-state index is 13.7. The topological polar surface area (TPSA) is 38.8 Å². The molecule has 0 bridgehead atoms. The van der Waals surface area contributed by atoms with Crippen LogP contribution in [0, 0.1) is 12.7 Å². The van der Waals surface area contributed by atoms with Gasteiger partial charge in [0.05, 0.1) is 12.6 Å². The van der Waals surface area contributed by atoms with Crippen LogP contribution in [0.3, 0.4) is 0 Å². The first kappa shape index (κ1) is 15.4. The third-order valence-corrected chi connectivity index (χ3v) is 4.83. The number of hydrogen-bond acceptors (Lipinski definition) is 3. The van der Waals surface area contributed by atoms with Crippen molar-refractivity contribution in [1.82, 2.24) is 4.90 Å². The molecule has 0 saturated carbocycles. The molecule has 0 N–H and O–H groups in total. The monoisotopic (exact) mass is 307 g/mol. The molecular weight excluding hydrogens is 285 g/mol. The Bertz CT molecular complexity index is 569. The fourth-order valence-corrected chi connectivity index (χ4v) is 3.55. The van der Waals surface area contributed by atoms with Gasteiger partial charge < -0.3 is 14.4 Å². The highest BCUT2D eigenvalue weighted by atomic mass is 19.1. The molecule has 1 spiro atoms. The molecule has 2 atom stereocenters. The molecule has 4 nitrogen and oxygen atoms in total. The van der Waals surface area contributed by atoms with Crippen molar-refractivity contribution in [2.45, 2.75) is 37.9 Å². The Balaban J connectivity index is 1.80. The summed E-state index contributed by atoms with van der Waals surface area (Å²) in [7, 11) is 1.70. The number of aryl methyl sites for hydroxylation is 1. The highest BCUT2D eigenvalue weighted by Crippen LogP contribution is 2.36. The number of rotatable bonds is 2. The van der Waals surface area contributed by atoms with Gasteiger partial charge >= 0.3 is 0 Å². The van der Waals surface area contributed by atoms with Crippen molar-refractivity contribution in [2.24, 2.45) is 0 Å². The molecule has 1 aromatic carbocycles. The molecule has 2 heterocycles. The number of amides is 1. The first-order valence-electron chi connectivity index (χ1n) is 7.78. The molecule has 2 aliphatic heterocycles. The van der Waals surface area contributed by atoms with Gasteiger partial charge in [-0.3, -0.25) is 4.79 Å². The smallest absolute Gasteiger partial charge is 0.254 e. The molecule has 1 aromatic rings. The number of methoxy groups -OCH3 is 1. The summed E-state index contributed by atoms with van der Waals surface area (Å²) in [6.07, 6.45) is 2.66. The van der Waals surface area contributed by atoms with E-state index < -0.39 is 5.60 Å². The van der Waals surface area contributed by atoms with Gasteiger partial charge in [0.2, 0.25) is 0 Å². The Hall–Kier alpha value is -1.46. The summed E-state index contributed by atoms with van der Waals surface area (Å²) in [4.78, 5) is 14.4. The first-order chi connectivity index (χ1) is 10.6. The van der Waals surface area contributed by atoms with E-state index in [2.05, 4.69) is 0 Å². The fraction of sp³-hybridized carbons (Fsp3) is 0.588. The standard InChI is InChI=1S/C17H22FNO3/c1-12-4-5-13(10-14(12)18)16(20)19-8-6-15(21-2)17(11-19)7-3-9-22-17/h4-5,10,15H,3,6-9,11H2,1-2H3/t15-,17-/m0/s1.